The minimum Gasteiger partial charge on any atom is -0.490 e. The fourth-order valence-electron chi connectivity index (χ4n) is 3.94. The van der Waals surface area contributed by atoms with Gasteiger partial charge in [-0.3, -0.25) is 15.0 Å². The van der Waals surface area contributed by atoms with Gasteiger partial charge in [-0.2, -0.15) is 0 Å². The number of hydrazine groups is 1. The van der Waals surface area contributed by atoms with Crippen molar-refractivity contribution in [3.63, 3.8) is 0 Å². The number of ether oxygens (including phenoxy) is 2. The minimum absolute atomic E-state index is 0.0503. The van der Waals surface area contributed by atoms with Crippen molar-refractivity contribution in [3.05, 3.63) is 107 Å². The Balaban J connectivity index is 1.67. The van der Waals surface area contributed by atoms with Crippen LogP contribution in [-0.2, 0) is 22.6 Å². The number of nitrogens with zero attached hydrogens (tertiary/aromatic N) is 1. The van der Waals surface area contributed by atoms with E-state index in [1.54, 1.807) is 30.4 Å². The Hall–Kier alpha value is -4.32. The number of aryl methyl sites for hydroxylation is 1. The average Bonchev–Trinajstić information content (AvgIpc) is 3.13. The summed E-state index contributed by atoms with van der Waals surface area (Å²) in [7, 11) is 0. The van der Waals surface area contributed by atoms with Crippen LogP contribution in [0.5, 0.6) is 11.5 Å². The second-order valence-electron chi connectivity index (χ2n) is 8.19. The highest BCUT2D eigenvalue weighted by Crippen LogP contribution is 2.36. The van der Waals surface area contributed by atoms with Gasteiger partial charge in [-0.05, 0) is 61.7 Å². The first-order valence-electron chi connectivity index (χ1n) is 11.5. The molecule has 1 aliphatic rings. The van der Waals surface area contributed by atoms with Crippen LogP contribution in [0.25, 0.3) is 6.08 Å². The van der Waals surface area contributed by atoms with Crippen LogP contribution in [-0.4, -0.2) is 18.4 Å². The van der Waals surface area contributed by atoms with Gasteiger partial charge in [0.2, 0.25) is 0 Å². The van der Waals surface area contributed by atoms with E-state index in [0.717, 1.165) is 16.7 Å². The highest BCUT2D eigenvalue weighted by Gasteiger charge is 2.34. The molecule has 0 spiro atoms. The number of hydrogen-bond acceptors (Lipinski definition) is 4. The summed E-state index contributed by atoms with van der Waals surface area (Å²) in [5, 5.41) is 1.25. The van der Waals surface area contributed by atoms with Crippen LogP contribution in [0, 0.1) is 6.92 Å². The van der Waals surface area contributed by atoms with E-state index in [1.807, 2.05) is 56.3 Å². The zero-order valence-electron chi connectivity index (χ0n) is 19.9. The molecule has 1 aliphatic heterocycles. The van der Waals surface area contributed by atoms with Crippen LogP contribution < -0.4 is 19.9 Å². The lowest BCUT2D eigenvalue weighted by molar-refractivity contribution is -0.117. The lowest BCUT2D eigenvalue weighted by Gasteiger charge is -2.17. The third kappa shape index (κ3) is 5.44. The summed E-state index contributed by atoms with van der Waals surface area (Å²) in [5.41, 5.74) is 7.01. The summed E-state index contributed by atoms with van der Waals surface area (Å²) in [6, 6.07) is 20.8. The minimum atomic E-state index is -0.457. The van der Waals surface area contributed by atoms with E-state index in [-0.39, 0.29) is 5.57 Å². The van der Waals surface area contributed by atoms with Gasteiger partial charge >= 0.3 is 0 Å². The fourth-order valence-corrected chi connectivity index (χ4v) is 3.94. The van der Waals surface area contributed by atoms with Gasteiger partial charge in [-0.15, -0.1) is 6.58 Å². The van der Waals surface area contributed by atoms with Crippen LogP contribution in [0.1, 0.15) is 29.2 Å². The number of carbonyl (C=O) groups is 2. The molecular weight excluding hydrogens is 440 g/mol. The summed E-state index contributed by atoms with van der Waals surface area (Å²) < 4.78 is 12.1. The van der Waals surface area contributed by atoms with E-state index >= 15 is 0 Å². The number of nitrogens with one attached hydrogen (secondary N) is 1. The maximum atomic E-state index is 13.0. The molecule has 0 radical (unpaired) electrons. The Bertz CT molecular complexity index is 1280. The first kappa shape index (κ1) is 23.8. The number of benzene rings is 3. The Morgan fingerprint density at radius 3 is 2.51 bits per heavy atom. The molecule has 4 rings (SSSR count). The van der Waals surface area contributed by atoms with Gasteiger partial charge in [0.15, 0.2) is 11.5 Å². The van der Waals surface area contributed by atoms with Gasteiger partial charge in [-0.1, -0.05) is 54.1 Å². The van der Waals surface area contributed by atoms with Crippen LogP contribution >= 0.6 is 0 Å². The smallest absolute Gasteiger partial charge is 0.282 e. The second-order valence-corrected chi connectivity index (χ2v) is 8.19. The largest absolute Gasteiger partial charge is 0.490 e. The maximum absolute atomic E-state index is 13.0. The predicted octanol–water partition coefficient (Wildman–Crippen LogP) is 5.16. The topological polar surface area (TPSA) is 67.9 Å². The molecule has 6 heteroatoms. The highest BCUT2D eigenvalue weighted by atomic mass is 16.5. The van der Waals surface area contributed by atoms with Crippen LogP contribution in [0.2, 0.25) is 0 Å². The zero-order valence-corrected chi connectivity index (χ0v) is 19.9. The van der Waals surface area contributed by atoms with E-state index in [9.17, 15) is 9.59 Å². The molecule has 1 saturated heterocycles. The second kappa shape index (κ2) is 10.7. The molecule has 35 heavy (non-hydrogen) atoms. The fraction of sp³-hybridized carbons (Fsp3) is 0.172. The molecule has 3 aromatic carbocycles. The number of hydrogen-bond donors (Lipinski definition) is 1. The third-order valence-corrected chi connectivity index (χ3v) is 5.50. The van der Waals surface area contributed by atoms with Gasteiger partial charge in [0.1, 0.15) is 12.2 Å². The standard InChI is InChI=1S/C29H28N2O4/c1-4-10-23-16-22(17-25-28(32)30-31(29(25)33)24-13-7-6-8-14-24)18-26(34-5-2)27(23)35-19-21-12-9-11-20(3)15-21/h4,6-9,11-18H,1,5,10,19H2,2-3H3,(H,30,32)/b25-17-. The Morgan fingerprint density at radius 1 is 1.00 bits per heavy atom. The molecule has 6 nitrogen and oxygen atoms in total. The van der Waals surface area contributed by atoms with Crippen molar-refractivity contribution in [2.45, 2.75) is 26.9 Å². The normalized spacial score (nSPS) is 14.2. The lowest BCUT2D eigenvalue weighted by atomic mass is 10.0. The molecule has 0 saturated carbocycles. The molecule has 0 aliphatic carbocycles. The number of rotatable bonds is 9. The average molecular weight is 469 g/mol. The van der Waals surface area contributed by atoms with Crippen molar-refractivity contribution < 1.29 is 19.1 Å². The summed E-state index contributed by atoms with van der Waals surface area (Å²) >= 11 is 0. The van der Waals surface area contributed by atoms with Crippen LogP contribution in [0.3, 0.4) is 0 Å². The number of allylic oxidation sites excluding steroid dienone is 1. The van der Waals surface area contributed by atoms with Crippen molar-refractivity contribution >= 4 is 23.6 Å². The molecule has 0 aromatic heterocycles. The SMILES string of the molecule is C=CCc1cc(/C=C2/C(=O)NN(c3ccccc3)C2=O)cc(OCC)c1OCc1cccc(C)c1. The molecule has 0 unspecified atom stereocenters. The van der Waals surface area contributed by atoms with Gasteiger partial charge in [0.05, 0.1) is 12.3 Å². The van der Waals surface area contributed by atoms with Crippen molar-refractivity contribution in [1.29, 1.82) is 0 Å². The molecule has 1 N–H and O–H groups in total. The number of anilines is 1. The Kier molecular flexibility index (Phi) is 7.31. The predicted molar refractivity (Wildman–Crippen MR) is 137 cm³/mol. The maximum Gasteiger partial charge on any atom is 0.282 e. The van der Waals surface area contributed by atoms with Crippen molar-refractivity contribution in [2.24, 2.45) is 0 Å². The van der Waals surface area contributed by atoms with E-state index in [2.05, 4.69) is 18.1 Å². The number of para-hydroxylation sites is 1. The van der Waals surface area contributed by atoms with E-state index in [4.69, 9.17) is 9.47 Å². The molecule has 3 aromatic rings. The van der Waals surface area contributed by atoms with Gasteiger partial charge < -0.3 is 9.47 Å². The Labute approximate surface area is 205 Å². The van der Waals surface area contributed by atoms with Crippen LogP contribution in [0.15, 0.2) is 85.0 Å². The van der Waals surface area contributed by atoms with Crippen molar-refractivity contribution in [3.8, 4) is 11.5 Å². The monoisotopic (exact) mass is 468 g/mol. The van der Waals surface area contributed by atoms with Gasteiger partial charge in [0, 0.05) is 5.56 Å². The van der Waals surface area contributed by atoms with Crippen molar-refractivity contribution in [1.82, 2.24) is 5.43 Å². The first-order valence-corrected chi connectivity index (χ1v) is 11.5. The lowest BCUT2D eigenvalue weighted by Crippen LogP contribution is -2.35. The summed E-state index contributed by atoms with van der Waals surface area (Å²) in [6.07, 6.45) is 3.91. The molecule has 0 bridgehead atoms. The van der Waals surface area contributed by atoms with E-state index < -0.39 is 11.8 Å². The number of amides is 2. The molecule has 178 valence electrons. The summed E-state index contributed by atoms with van der Waals surface area (Å²) in [6.45, 7) is 8.63. The van der Waals surface area contributed by atoms with Gasteiger partial charge in [0.25, 0.3) is 11.8 Å². The third-order valence-electron chi connectivity index (χ3n) is 5.50. The quantitative estimate of drug-likeness (QED) is 0.268. The molecule has 2 amide bonds. The van der Waals surface area contributed by atoms with Gasteiger partial charge in [-0.25, -0.2) is 5.01 Å². The molecular formula is C29H28N2O4. The highest BCUT2D eigenvalue weighted by molar-refractivity contribution is 6.31. The molecule has 1 fully saturated rings. The number of carbonyl (C=O) groups excluding carboxylic acids is 2. The van der Waals surface area contributed by atoms with E-state index in [1.165, 1.54) is 5.01 Å². The summed E-state index contributed by atoms with van der Waals surface area (Å²) in [4.78, 5) is 25.6. The van der Waals surface area contributed by atoms with Crippen LogP contribution in [0.4, 0.5) is 5.69 Å². The summed E-state index contributed by atoms with van der Waals surface area (Å²) in [5.74, 6) is 0.312. The Morgan fingerprint density at radius 2 is 1.80 bits per heavy atom. The first-order chi connectivity index (χ1) is 17.0. The molecule has 1 heterocycles. The van der Waals surface area contributed by atoms with Crippen molar-refractivity contribution in [2.75, 3.05) is 11.6 Å². The zero-order chi connectivity index (χ0) is 24.8. The molecule has 0 atom stereocenters. The van der Waals surface area contributed by atoms with E-state index in [0.29, 0.717) is 42.4 Å².